The molecule has 0 heterocycles. The number of Topliss-reactive ketones (excluding diaryl/α,β-unsaturated/α-hetero) is 1. The van der Waals surface area contributed by atoms with Gasteiger partial charge in [-0.3, -0.25) is 14.4 Å². The van der Waals surface area contributed by atoms with Crippen molar-refractivity contribution in [3.8, 4) is 0 Å². The van der Waals surface area contributed by atoms with Gasteiger partial charge in [0.2, 0.25) is 0 Å². The number of esters is 2. The lowest BCUT2D eigenvalue weighted by molar-refractivity contribution is -0.152. The molecular weight excluding hydrogens is 224 g/mol. The molecule has 0 amide bonds. The molecule has 0 saturated heterocycles. The summed E-state index contributed by atoms with van der Waals surface area (Å²) in [4.78, 5) is 34.6. The Morgan fingerprint density at radius 3 is 2.29 bits per heavy atom. The first-order valence-electron chi connectivity index (χ1n) is 5.78. The Labute approximate surface area is 100 Å². The number of ketones is 1. The third kappa shape index (κ3) is 3.54. The van der Waals surface area contributed by atoms with E-state index in [4.69, 9.17) is 4.74 Å². The number of rotatable bonds is 2. The van der Waals surface area contributed by atoms with Crippen LogP contribution in [0.25, 0.3) is 0 Å². The second-order valence-corrected chi connectivity index (χ2v) is 4.23. The Morgan fingerprint density at radius 2 is 1.71 bits per heavy atom. The molecule has 5 nitrogen and oxygen atoms in total. The van der Waals surface area contributed by atoms with Crippen LogP contribution in [-0.4, -0.2) is 31.9 Å². The van der Waals surface area contributed by atoms with E-state index in [2.05, 4.69) is 4.74 Å². The number of carbonyl (C=O) groups is 3. The van der Waals surface area contributed by atoms with Crippen molar-refractivity contribution in [3.05, 3.63) is 0 Å². The van der Waals surface area contributed by atoms with E-state index < -0.39 is 11.9 Å². The molecule has 1 fully saturated rings. The number of carbonyl (C=O) groups excluding carboxylic acids is 3. The first kappa shape index (κ1) is 13.7. The molecule has 96 valence electrons. The quantitative estimate of drug-likeness (QED) is 0.535. The zero-order valence-corrected chi connectivity index (χ0v) is 10.2. The molecule has 0 aromatic rings. The number of hydrogen-bond donors (Lipinski definition) is 0. The Kier molecular flexibility index (Phi) is 5.12. The minimum Gasteiger partial charge on any atom is -0.469 e. The van der Waals surface area contributed by atoms with Crippen LogP contribution in [0, 0.1) is 11.8 Å². The number of methoxy groups -OCH3 is 2. The second kappa shape index (κ2) is 6.37. The minimum absolute atomic E-state index is 0.0832. The van der Waals surface area contributed by atoms with Crippen LogP contribution in [0.1, 0.15) is 32.1 Å². The predicted octanol–water partition coefficient (Wildman–Crippen LogP) is 1.10. The van der Waals surface area contributed by atoms with Crippen LogP contribution >= 0.6 is 0 Å². The molecule has 1 saturated carbocycles. The topological polar surface area (TPSA) is 69.7 Å². The third-order valence-corrected chi connectivity index (χ3v) is 3.19. The van der Waals surface area contributed by atoms with E-state index >= 15 is 0 Å². The van der Waals surface area contributed by atoms with Crippen LogP contribution in [0.15, 0.2) is 0 Å². The monoisotopic (exact) mass is 242 g/mol. The molecule has 0 aliphatic heterocycles. The van der Waals surface area contributed by atoms with Crippen molar-refractivity contribution in [2.24, 2.45) is 11.8 Å². The van der Waals surface area contributed by atoms with Crippen molar-refractivity contribution in [2.45, 2.75) is 32.1 Å². The summed E-state index contributed by atoms with van der Waals surface area (Å²) in [6.45, 7) is 0. The van der Waals surface area contributed by atoms with Crippen LogP contribution in [0.4, 0.5) is 0 Å². The average molecular weight is 242 g/mol. The van der Waals surface area contributed by atoms with Gasteiger partial charge in [-0.05, 0) is 25.7 Å². The first-order chi connectivity index (χ1) is 8.10. The summed E-state index contributed by atoms with van der Waals surface area (Å²) >= 11 is 0. The highest BCUT2D eigenvalue weighted by Gasteiger charge is 2.32. The molecule has 17 heavy (non-hydrogen) atoms. The number of hydrogen-bond acceptors (Lipinski definition) is 5. The molecule has 0 bridgehead atoms. The van der Waals surface area contributed by atoms with Crippen LogP contribution in [0.5, 0.6) is 0 Å². The fraction of sp³-hybridized carbons (Fsp3) is 0.750. The van der Waals surface area contributed by atoms with Gasteiger partial charge >= 0.3 is 11.9 Å². The smallest absolute Gasteiger partial charge is 0.316 e. The summed E-state index contributed by atoms with van der Waals surface area (Å²) in [5.74, 6) is -1.77. The van der Waals surface area contributed by atoms with Crippen molar-refractivity contribution in [3.63, 3.8) is 0 Å². The van der Waals surface area contributed by atoms with Crippen LogP contribution in [0.3, 0.4) is 0 Å². The molecule has 0 aromatic carbocycles. The fourth-order valence-corrected chi connectivity index (χ4v) is 2.16. The molecule has 0 radical (unpaired) electrons. The zero-order chi connectivity index (χ0) is 12.8. The molecule has 0 spiro atoms. The van der Waals surface area contributed by atoms with Gasteiger partial charge < -0.3 is 9.47 Å². The Bertz CT molecular complexity index is 310. The average Bonchev–Trinajstić information content (AvgIpc) is 2.32. The summed E-state index contributed by atoms with van der Waals surface area (Å²) in [5, 5.41) is 0. The van der Waals surface area contributed by atoms with E-state index in [1.807, 2.05) is 0 Å². The fourth-order valence-electron chi connectivity index (χ4n) is 2.16. The maximum Gasteiger partial charge on any atom is 0.316 e. The van der Waals surface area contributed by atoms with Crippen LogP contribution in [0.2, 0.25) is 0 Å². The van der Waals surface area contributed by atoms with Gasteiger partial charge in [0.1, 0.15) is 11.7 Å². The molecule has 1 aliphatic carbocycles. The summed E-state index contributed by atoms with van der Waals surface area (Å²) in [7, 11) is 2.62. The maximum absolute atomic E-state index is 11.7. The highest BCUT2D eigenvalue weighted by molar-refractivity contribution is 5.99. The van der Waals surface area contributed by atoms with E-state index in [0.29, 0.717) is 32.1 Å². The van der Waals surface area contributed by atoms with Gasteiger partial charge in [0, 0.05) is 6.42 Å². The van der Waals surface area contributed by atoms with Gasteiger partial charge in [-0.1, -0.05) is 0 Å². The van der Waals surface area contributed by atoms with Crippen molar-refractivity contribution in [2.75, 3.05) is 14.2 Å². The van der Waals surface area contributed by atoms with Crippen molar-refractivity contribution < 1.29 is 23.9 Å². The molecule has 5 heteroatoms. The SMILES string of the molecule is COC(=O)C1CCCC(=O)C(C(=O)OC)CC1. The molecule has 1 aliphatic rings. The highest BCUT2D eigenvalue weighted by atomic mass is 16.5. The van der Waals surface area contributed by atoms with Crippen molar-refractivity contribution in [1.82, 2.24) is 0 Å². The predicted molar refractivity (Wildman–Crippen MR) is 59.1 cm³/mol. The van der Waals surface area contributed by atoms with E-state index in [9.17, 15) is 14.4 Å². The van der Waals surface area contributed by atoms with E-state index in [0.717, 1.165) is 0 Å². The van der Waals surface area contributed by atoms with Gasteiger partial charge in [-0.15, -0.1) is 0 Å². The van der Waals surface area contributed by atoms with Crippen molar-refractivity contribution in [1.29, 1.82) is 0 Å². The molecule has 1 rings (SSSR count). The Morgan fingerprint density at radius 1 is 1.06 bits per heavy atom. The molecule has 2 atom stereocenters. The second-order valence-electron chi connectivity index (χ2n) is 4.23. The third-order valence-electron chi connectivity index (χ3n) is 3.19. The standard InChI is InChI=1S/C12H18O5/c1-16-11(14)8-4-3-5-10(13)9(7-6-8)12(15)17-2/h8-9H,3-7H2,1-2H3. The van der Waals surface area contributed by atoms with E-state index in [1.54, 1.807) is 0 Å². The Hall–Kier alpha value is -1.39. The van der Waals surface area contributed by atoms with Crippen LogP contribution < -0.4 is 0 Å². The van der Waals surface area contributed by atoms with Gasteiger partial charge in [0.15, 0.2) is 0 Å². The lowest BCUT2D eigenvalue weighted by Gasteiger charge is -2.21. The maximum atomic E-state index is 11.7. The largest absolute Gasteiger partial charge is 0.469 e. The molecule has 0 aromatic heterocycles. The zero-order valence-electron chi connectivity index (χ0n) is 10.2. The molecule has 0 N–H and O–H groups in total. The molecular formula is C12H18O5. The van der Waals surface area contributed by atoms with Crippen molar-refractivity contribution >= 4 is 17.7 Å². The normalized spacial score (nSPS) is 25.6. The number of ether oxygens (including phenoxy) is 2. The first-order valence-corrected chi connectivity index (χ1v) is 5.78. The minimum atomic E-state index is -0.715. The lowest BCUT2D eigenvalue weighted by atomic mass is 9.84. The molecule has 2 unspecified atom stereocenters. The lowest BCUT2D eigenvalue weighted by Crippen LogP contribution is -2.29. The summed E-state index contributed by atoms with van der Waals surface area (Å²) < 4.78 is 9.30. The Balaban J connectivity index is 2.67. The summed E-state index contributed by atoms with van der Waals surface area (Å²) in [5.41, 5.74) is 0. The highest BCUT2D eigenvalue weighted by Crippen LogP contribution is 2.25. The van der Waals surface area contributed by atoms with Gasteiger partial charge in [-0.2, -0.15) is 0 Å². The summed E-state index contributed by atoms with van der Waals surface area (Å²) in [6.07, 6.45) is 2.45. The van der Waals surface area contributed by atoms with Gasteiger partial charge in [0.25, 0.3) is 0 Å². The van der Waals surface area contributed by atoms with Gasteiger partial charge in [0.05, 0.1) is 20.1 Å². The summed E-state index contributed by atoms with van der Waals surface area (Å²) in [6, 6.07) is 0. The van der Waals surface area contributed by atoms with Gasteiger partial charge in [-0.25, -0.2) is 0 Å². The van der Waals surface area contributed by atoms with E-state index in [-0.39, 0.29) is 17.7 Å². The van der Waals surface area contributed by atoms with Crippen LogP contribution in [-0.2, 0) is 23.9 Å². The van der Waals surface area contributed by atoms with E-state index in [1.165, 1.54) is 14.2 Å².